The van der Waals surface area contributed by atoms with E-state index in [0.717, 1.165) is 28.6 Å². The summed E-state index contributed by atoms with van der Waals surface area (Å²) in [6.07, 6.45) is 2.68. The lowest BCUT2D eigenvalue weighted by Gasteiger charge is -2.03. The maximum Gasteiger partial charge on any atom is 0.216 e. The first-order chi connectivity index (χ1) is 8.74. The van der Waals surface area contributed by atoms with Crippen molar-refractivity contribution in [2.45, 2.75) is 13.3 Å². The van der Waals surface area contributed by atoms with E-state index in [1.807, 2.05) is 24.4 Å². The highest BCUT2D eigenvalue weighted by molar-refractivity contribution is 5.84. The van der Waals surface area contributed by atoms with Crippen LogP contribution in [0.15, 0.2) is 24.4 Å². The van der Waals surface area contributed by atoms with Crippen molar-refractivity contribution in [1.82, 2.24) is 10.3 Å². The molecule has 4 heteroatoms. The van der Waals surface area contributed by atoms with Gasteiger partial charge in [-0.25, -0.2) is 0 Å². The second-order valence-corrected chi connectivity index (χ2v) is 3.83. The van der Waals surface area contributed by atoms with Crippen LogP contribution in [0.3, 0.4) is 0 Å². The molecule has 1 aromatic heterocycles. The predicted octanol–water partition coefficient (Wildman–Crippen LogP) is 1.86. The van der Waals surface area contributed by atoms with Gasteiger partial charge in [0, 0.05) is 31.9 Å². The third-order valence-corrected chi connectivity index (χ3v) is 2.69. The van der Waals surface area contributed by atoms with Crippen LogP contribution >= 0.6 is 0 Å². The van der Waals surface area contributed by atoms with Gasteiger partial charge in [-0.3, -0.25) is 4.79 Å². The molecule has 0 aliphatic carbocycles. The molecule has 0 saturated carbocycles. The zero-order valence-corrected chi connectivity index (χ0v) is 9.75. The quantitative estimate of drug-likeness (QED) is 0.846. The minimum Gasteiger partial charge on any atom is -0.497 e. The van der Waals surface area contributed by atoms with E-state index >= 15 is 0 Å². The first-order valence-electron chi connectivity index (χ1n) is 6.15. The Morgan fingerprint density at radius 2 is 2.47 bits per heavy atom. The molecular formula is C13H16N2O2. The van der Waals surface area contributed by atoms with Crippen LogP contribution in [0.2, 0.25) is 0 Å². The Kier molecular flexibility index (Phi) is 2.95. The Bertz CT molecular complexity index is 551. The van der Waals surface area contributed by atoms with Crippen molar-refractivity contribution in [2.24, 2.45) is 0 Å². The number of H-pyrrole nitrogens is 1. The van der Waals surface area contributed by atoms with E-state index in [1.165, 1.54) is 0 Å². The fourth-order valence-corrected chi connectivity index (χ4v) is 1.83. The number of carbonyl (C=O) groups is 1. The zero-order chi connectivity index (χ0) is 13.0. The summed E-state index contributed by atoms with van der Waals surface area (Å²) in [5.74, 6) is 0.575. The summed E-state index contributed by atoms with van der Waals surface area (Å²) in [5.41, 5.74) is 2.19. The molecule has 2 N–H and O–H groups in total. The molecule has 0 aliphatic rings. The van der Waals surface area contributed by atoms with Gasteiger partial charge in [0.05, 0.1) is 7.11 Å². The van der Waals surface area contributed by atoms with Crippen LogP contribution in [0.25, 0.3) is 10.9 Å². The van der Waals surface area contributed by atoms with E-state index in [-0.39, 0.29) is 12.8 Å². The summed E-state index contributed by atoms with van der Waals surface area (Å²) in [7, 11) is 1.64. The molecule has 0 radical (unpaired) electrons. The Morgan fingerprint density at radius 1 is 1.59 bits per heavy atom. The predicted molar refractivity (Wildman–Crippen MR) is 67.2 cm³/mol. The van der Waals surface area contributed by atoms with E-state index in [4.69, 9.17) is 6.11 Å². The summed E-state index contributed by atoms with van der Waals surface area (Å²) < 4.78 is 12.1. The maximum absolute atomic E-state index is 11.0. The number of amides is 1. The van der Waals surface area contributed by atoms with Crippen molar-refractivity contribution in [3.63, 3.8) is 0 Å². The van der Waals surface area contributed by atoms with Crippen LogP contribution in [-0.2, 0) is 11.2 Å². The lowest BCUT2D eigenvalue weighted by atomic mass is 10.1. The number of aromatic nitrogens is 1. The van der Waals surface area contributed by atoms with Crippen LogP contribution < -0.4 is 10.1 Å². The maximum atomic E-state index is 11.0. The Balaban J connectivity index is 2.10. The topological polar surface area (TPSA) is 54.1 Å². The smallest absolute Gasteiger partial charge is 0.216 e. The highest BCUT2D eigenvalue weighted by Crippen LogP contribution is 2.23. The SMILES string of the molecule is [2H]CC(=O)NCCc1c[nH]c2ccc(OC)cc12. The average molecular weight is 233 g/mol. The van der Waals surface area contributed by atoms with E-state index in [9.17, 15) is 4.79 Å². The number of rotatable bonds is 4. The molecule has 0 saturated heterocycles. The highest BCUT2D eigenvalue weighted by atomic mass is 16.5. The number of fused-ring (bicyclic) bond motifs is 1. The highest BCUT2D eigenvalue weighted by Gasteiger charge is 2.05. The fourth-order valence-electron chi connectivity index (χ4n) is 1.83. The minimum absolute atomic E-state index is 0.221. The summed E-state index contributed by atoms with van der Waals surface area (Å²) in [4.78, 5) is 14.2. The van der Waals surface area contributed by atoms with Crippen LogP contribution in [0, 0.1) is 0 Å². The summed E-state index contributed by atoms with van der Waals surface area (Å²) in [6.45, 7) is 0.323. The van der Waals surface area contributed by atoms with Crippen LogP contribution in [-0.4, -0.2) is 24.5 Å². The van der Waals surface area contributed by atoms with Gasteiger partial charge in [0.15, 0.2) is 0 Å². The number of hydrogen-bond acceptors (Lipinski definition) is 2. The molecule has 90 valence electrons. The van der Waals surface area contributed by atoms with Crippen molar-refractivity contribution in [1.29, 1.82) is 0 Å². The standard InChI is InChI=1S/C13H16N2O2/c1-9(16)14-6-5-10-8-15-13-4-3-11(17-2)7-12(10)13/h3-4,7-8,15H,5-6H2,1-2H3,(H,14,16)/i1D. The van der Waals surface area contributed by atoms with Crippen LogP contribution in [0.4, 0.5) is 0 Å². The number of aromatic amines is 1. The van der Waals surface area contributed by atoms with Crippen molar-refractivity contribution in [3.05, 3.63) is 30.0 Å². The average Bonchev–Trinajstić information content (AvgIpc) is 2.81. The van der Waals surface area contributed by atoms with Gasteiger partial charge in [0.2, 0.25) is 5.91 Å². The summed E-state index contributed by atoms with van der Waals surface area (Å²) >= 11 is 0. The van der Waals surface area contributed by atoms with Gasteiger partial charge in [-0.2, -0.15) is 0 Å². The molecule has 0 atom stereocenters. The van der Waals surface area contributed by atoms with Crippen LogP contribution in [0.5, 0.6) is 5.75 Å². The van der Waals surface area contributed by atoms with Gasteiger partial charge < -0.3 is 15.0 Å². The lowest BCUT2D eigenvalue weighted by Crippen LogP contribution is -2.22. The Labute approximate surface area is 101 Å². The van der Waals surface area contributed by atoms with Gasteiger partial charge in [-0.15, -0.1) is 0 Å². The zero-order valence-electron chi connectivity index (χ0n) is 10.7. The molecule has 0 bridgehead atoms. The first kappa shape index (κ1) is 10.2. The summed E-state index contributed by atoms with van der Waals surface area (Å²) in [5, 5.41) is 3.80. The van der Waals surface area contributed by atoms with Crippen molar-refractivity contribution in [3.8, 4) is 5.75 Å². The molecular weight excluding hydrogens is 216 g/mol. The van der Waals surface area contributed by atoms with E-state index in [1.54, 1.807) is 7.11 Å². The van der Waals surface area contributed by atoms with E-state index in [0.29, 0.717) is 6.54 Å². The molecule has 1 aromatic carbocycles. The van der Waals surface area contributed by atoms with Gasteiger partial charge in [0.1, 0.15) is 5.75 Å². The van der Waals surface area contributed by atoms with E-state index < -0.39 is 0 Å². The van der Waals surface area contributed by atoms with Gasteiger partial charge in [-0.05, 0) is 30.2 Å². The molecule has 1 amide bonds. The molecule has 0 spiro atoms. The second kappa shape index (κ2) is 4.91. The number of carbonyl (C=O) groups excluding carboxylic acids is 1. The van der Waals surface area contributed by atoms with Gasteiger partial charge >= 0.3 is 0 Å². The number of methoxy groups -OCH3 is 1. The molecule has 0 unspecified atom stereocenters. The third-order valence-electron chi connectivity index (χ3n) is 2.69. The normalized spacial score (nSPS) is 11.2. The molecule has 1 heterocycles. The molecule has 2 aromatic rings. The Morgan fingerprint density at radius 3 is 3.24 bits per heavy atom. The lowest BCUT2D eigenvalue weighted by molar-refractivity contribution is -0.118. The van der Waals surface area contributed by atoms with Gasteiger partial charge in [0.25, 0.3) is 0 Å². The number of hydrogen-bond donors (Lipinski definition) is 2. The largest absolute Gasteiger partial charge is 0.497 e. The number of benzene rings is 1. The van der Waals surface area contributed by atoms with Crippen molar-refractivity contribution >= 4 is 16.8 Å². The second-order valence-electron chi connectivity index (χ2n) is 3.83. The van der Waals surface area contributed by atoms with Crippen LogP contribution in [0.1, 0.15) is 13.8 Å². The van der Waals surface area contributed by atoms with E-state index in [2.05, 4.69) is 10.3 Å². The van der Waals surface area contributed by atoms with Gasteiger partial charge in [-0.1, -0.05) is 0 Å². The van der Waals surface area contributed by atoms with Crippen molar-refractivity contribution in [2.75, 3.05) is 13.7 Å². The fraction of sp³-hybridized carbons (Fsp3) is 0.308. The molecule has 2 rings (SSSR count). The third kappa shape index (κ3) is 2.58. The molecule has 17 heavy (non-hydrogen) atoms. The summed E-state index contributed by atoms with van der Waals surface area (Å²) in [6, 6.07) is 5.86. The molecule has 4 nitrogen and oxygen atoms in total. The number of nitrogens with one attached hydrogen (secondary N) is 2. The molecule has 0 fully saturated rings. The van der Waals surface area contributed by atoms with Crippen molar-refractivity contribution < 1.29 is 10.9 Å². The molecule has 0 aliphatic heterocycles. The minimum atomic E-state index is -0.243. The number of ether oxygens (including phenoxy) is 1. The Hall–Kier alpha value is -1.97. The monoisotopic (exact) mass is 233 g/mol. The first-order valence-corrected chi connectivity index (χ1v) is 5.44.